The summed E-state index contributed by atoms with van der Waals surface area (Å²) >= 11 is 1.93. The summed E-state index contributed by atoms with van der Waals surface area (Å²) in [5.74, 6) is 1.20. The summed E-state index contributed by atoms with van der Waals surface area (Å²) in [4.78, 5) is 2.63. The van der Waals surface area contributed by atoms with Crippen molar-refractivity contribution in [1.29, 1.82) is 0 Å². The van der Waals surface area contributed by atoms with E-state index >= 15 is 0 Å². The van der Waals surface area contributed by atoms with E-state index in [2.05, 4.69) is 67.6 Å². The van der Waals surface area contributed by atoms with Crippen molar-refractivity contribution in [2.24, 2.45) is 0 Å². The molecule has 0 saturated carbocycles. The Morgan fingerprint density at radius 1 is 1.21 bits per heavy atom. The maximum atomic E-state index is 3.76. The summed E-state index contributed by atoms with van der Waals surface area (Å²) in [6.07, 6.45) is 2.19. The number of rotatable bonds is 4. The lowest BCUT2D eigenvalue weighted by Crippen LogP contribution is -2.65. The molecule has 0 spiro atoms. The van der Waals surface area contributed by atoms with E-state index in [-0.39, 0.29) is 11.1 Å². The maximum Gasteiger partial charge on any atom is 0.0535 e. The van der Waals surface area contributed by atoms with Crippen molar-refractivity contribution in [3.8, 4) is 0 Å². The Morgan fingerprint density at radius 2 is 1.89 bits per heavy atom. The van der Waals surface area contributed by atoms with Gasteiger partial charge in [-0.1, -0.05) is 30.3 Å². The molecule has 2 nitrogen and oxygen atoms in total. The van der Waals surface area contributed by atoms with E-state index < -0.39 is 0 Å². The fourth-order valence-corrected chi connectivity index (χ4v) is 3.16. The highest BCUT2D eigenvalue weighted by Gasteiger charge is 2.40. The van der Waals surface area contributed by atoms with Gasteiger partial charge in [-0.3, -0.25) is 4.90 Å². The Kier molecular flexibility index (Phi) is 4.59. The molecule has 0 aliphatic carbocycles. The topological polar surface area (TPSA) is 15.3 Å². The number of nitrogens with zero attached hydrogens (tertiary/aromatic N) is 1. The molecule has 1 N–H and O–H groups in total. The standard InChI is InChI=1S/C16H26N2S/c1-15(2)12-17-16(3,13-18(15)10-11-19-4)14-8-6-5-7-9-14/h5-9,17H,10-13H2,1-4H3. The van der Waals surface area contributed by atoms with Gasteiger partial charge < -0.3 is 5.32 Å². The summed E-state index contributed by atoms with van der Waals surface area (Å²) in [6, 6.07) is 10.8. The molecular formula is C16H26N2S. The predicted octanol–water partition coefficient (Wildman–Crippen LogP) is 2.95. The minimum Gasteiger partial charge on any atom is -0.305 e. The maximum absolute atomic E-state index is 3.76. The van der Waals surface area contributed by atoms with Gasteiger partial charge in [0.15, 0.2) is 0 Å². The van der Waals surface area contributed by atoms with E-state index in [4.69, 9.17) is 0 Å². The van der Waals surface area contributed by atoms with E-state index in [0.29, 0.717) is 0 Å². The van der Waals surface area contributed by atoms with Gasteiger partial charge in [-0.15, -0.1) is 0 Å². The van der Waals surface area contributed by atoms with E-state index in [1.54, 1.807) is 0 Å². The third-order valence-corrected chi connectivity index (χ3v) is 4.84. The van der Waals surface area contributed by atoms with Gasteiger partial charge in [0.05, 0.1) is 5.54 Å². The first kappa shape index (κ1) is 14.9. The Balaban J connectivity index is 2.17. The molecule has 1 saturated heterocycles. The first-order valence-corrected chi connectivity index (χ1v) is 8.42. The first-order chi connectivity index (χ1) is 8.98. The van der Waals surface area contributed by atoms with Crippen molar-refractivity contribution in [1.82, 2.24) is 10.2 Å². The fourth-order valence-electron chi connectivity index (χ4n) is 2.76. The van der Waals surface area contributed by atoms with Crippen LogP contribution >= 0.6 is 11.8 Å². The third-order valence-electron chi connectivity index (χ3n) is 4.25. The quantitative estimate of drug-likeness (QED) is 0.911. The van der Waals surface area contributed by atoms with Gasteiger partial charge in [-0.2, -0.15) is 11.8 Å². The van der Waals surface area contributed by atoms with Crippen LogP contribution in [0.1, 0.15) is 26.3 Å². The third kappa shape index (κ3) is 3.33. The highest BCUT2D eigenvalue weighted by Crippen LogP contribution is 2.30. The van der Waals surface area contributed by atoms with Crippen molar-refractivity contribution in [2.75, 3.05) is 31.6 Å². The summed E-state index contributed by atoms with van der Waals surface area (Å²) in [7, 11) is 0. The van der Waals surface area contributed by atoms with Gasteiger partial charge in [-0.05, 0) is 32.6 Å². The van der Waals surface area contributed by atoms with Gasteiger partial charge in [0.2, 0.25) is 0 Å². The highest BCUT2D eigenvalue weighted by molar-refractivity contribution is 7.98. The van der Waals surface area contributed by atoms with Crippen molar-refractivity contribution >= 4 is 11.8 Å². The predicted molar refractivity (Wildman–Crippen MR) is 85.8 cm³/mol. The van der Waals surface area contributed by atoms with Crippen LogP contribution in [0.3, 0.4) is 0 Å². The van der Waals surface area contributed by atoms with Gasteiger partial charge >= 0.3 is 0 Å². The van der Waals surface area contributed by atoms with Gasteiger partial charge in [0.1, 0.15) is 0 Å². The average molecular weight is 278 g/mol. The zero-order valence-electron chi connectivity index (χ0n) is 12.6. The Hall–Kier alpha value is -0.510. The molecule has 1 aromatic carbocycles. The van der Waals surface area contributed by atoms with Gasteiger partial charge in [-0.25, -0.2) is 0 Å². The number of hydrogen-bond acceptors (Lipinski definition) is 3. The van der Waals surface area contributed by atoms with Crippen molar-refractivity contribution in [2.45, 2.75) is 31.8 Å². The van der Waals surface area contributed by atoms with Crippen LogP contribution in [0.25, 0.3) is 0 Å². The van der Waals surface area contributed by atoms with Crippen LogP contribution in [-0.4, -0.2) is 42.1 Å². The van der Waals surface area contributed by atoms with E-state index in [1.807, 2.05) is 11.8 Å². The van der Waals surface area contributed by atoms with Crippen molar-refractivity contribution in [3.05, 3.63) is 35.9 Å². The van der Waals surface area contributed by atoms with Crippen LogP contribution in [0.2, 0.25) is 0 Å². The summed E-state index contributed by atoms with van der Waals surface area (Å²) in [6.45, 7) is 10.3. The molecule has 1 atom stereocenters. The monoisotopic (exact) mass is 278 g/mol. The molecule has 1 fully saturated rings. The Morgan fingerprint density at radius 3 is 2.53 bits per heavy atom. The van der Waals surface area contributed by atoms with Crippen LogP contribution < -0.4 is 5.32 Å². The van der Waals surface area contributed by atoms with E-state index in [9.17, 15) is 0 Å². The molecule has 0 bridgehead atoms. The molecule has 0 aromatic heterocycles. The minimum absolute atomic E-state index is 0.0647. The lowest BCUT2D eigenvalue weighted by molar-refractivity contribution is 0.0371. The van der Waals surface area contributed by atoms with E-state index in [0.717, 1.165) is 19.6 Å². The van der Waals surface area contributed by atoms with Crippen LogP contribution in [0.5, 0.6) is 0 Å². The van der Waals surface area contributed by atoms with Crippen molar-refractivity contribution in [3.63, 3.8) is 0 Å². The summed E-state index contributed by atoms with van der Waals surface area (Å²) in [5.41, 5.74) is 1.69. The lowest BCUT2D eigenvalue weighted by Gasteiger charge is -2.51. The smallest absolute Gasteiger partial charge is 0.0535 e. The number of nitrogens with one attached hydrogen (secondary N) is 1. The molecule has 3 heteroatoms. The summed E-state index contributed by atoms with van der Waals surface area (Å²) in [5, 5.41) is 3.76. The SMILES string of the molecule is CSCCN1CC(C)(c2ccccc2)NCC1(C)C. The molecule has 1 aliphatic rings. The molecule has 2 rings (SSSR count). The molecule has 106 valence electrons. The Bertz CT molecular complexity index is 404. The lowest BCUT2D eigenvalue weighted by atomic mass is 9.85. The molecule has 1 unspecified atom stereocenters. The normalized spacial score (nSPS) is 27.4. The molecule has 1 aromatic rings. The average Bonchev–Trinajstić information content (AvgIpc) is 2.41. The van der Waals surface area contributed by atoms with Crippen molar-refractivity contribution < 1.29 is 0 Å². The number of piperazine rings is 1. The second kappa shape index (κ2) is 5.86. The van der Waals surface area contributed by atoms with Crippen LogP contribution in [0, 0.1) is 0 Å². The zero-order valence-corrected chi connectivity index (χ0v) is 13.4. The molecular weight excluding hydrogens is 252 g/mol. The van der Waals surface area contributed by atoms with Gasteiger partial charge in [0, 0.05) is 30.9 Å². The second-order valence-corrected chi connectivity index (χ2v) is 7.26. The molecule has 19 heavy (non-hydrogen) atoms. The highest BCUT2D eigenvalue weighted by atomic mass is 32.2. The Labute approximate surface area is 122 Å². The molecule has 1 aliphatic heterocycles. The number of hydrogen-bond donors (Lipinski definition) is 1. The first-order valence-electron chi connectivity index (χ1n) is 7.02. The van der Waals surface area contributed by atoms with Crippen LogP contribution in [-0.2, 0) is 5.54 Å². The molecule has 0 radical (unpaired) electrons. The zero-order chi connectivity index (χ0) is 13.9. The summed E-state index contributed by atoms with van der Waals surface area (Å²) < 4.78 is 0. The van der Waals surface area contributed by atoms with Gasteiger partial charge in [0.25, 0.3) is 0 Å². The van der Waals surface area contributed by atoms with Crippen LogP contribution in [0.4, 0.5) is 0 Å². The van der Waals surface area contributed by atoms with E-state index in [1.165, 1.54) is 11.3 Å². The largest absolute Gasteiger partial charge is 0.305 e. The second-order valence-electron chi connectivity index (χ2n) is 6.28. The molecule has 1 heterocycles. The number of benzene rings is 1. The number of thioether (sulfide) groups is 1. The minimum atomic E-state index is 0.0647. The van der Waals surface area contributed by atoms with Crippen LogP contribution in [0.15, 0.2) is 30.3 Å². The molecule has 0 amide bonds. The fraction of sp³-hybridized carbons (Fsp3) is 0.625.